The summed E-state index contributed by atoms with van der Waals surface area (Å²) in [6.45, 7) is 3.26. The first kappa shape index (κ1) is 18.6. The number of hydrogen-bond donors (Lipinski definition) is 0. The van der Waals surface area contributed by atoms with E-state index in [2.05, 4.69) is 0 Å². The number of carbonyl (C=O) groups excluding carboxylic acids is 1. The Bertz CT molecular complexity index is 874. The third-order valence-corrected chi connectivity index (χ3v) is 6.14. The molecule has 0 radical (unpaired) electrons. The van der Waals surface area contributed by atoms with Gasteiger partial charge in [0.05, 0.1) is 23.7 Å². The molecular formula is C19H21NO5S. The number of rotatable bonds is 5. The van der Waals surface area contributed by atoms with Gasteiger partial charge in [0.25, 0.3) is 0 Å². The minimum atomic E-state index is -3.66. The van der Waals surface area contributed by atoms with Gasteiger partial charge in [-0.05, 0) is 30.2 Å². The van der Waals surface area contributed by atoms with Gasteiger partial charge in [-0.1, -0.05) is 36.4 Å². The van der Waals surface area contributed by atoms with Crippen molar-refractivity contribution >= 4 is 16.0 Å². The summed E-state index contributed by atoms with van der Waals surface area (Å²) in [5.41, 5.74) is 1.80. The SMILES string of the molecule is Cc1ccc(S(=O)(=O)N2CCOCC2)cc1C(=O)OCc1ccccc1. The van der Waals surface area contributed by atoms with Crippen LogP contribution in [0.5, 0.6) is 0 Å². The Morgan fingerprint density at radius 2 is 1.81 bits per heavy atom. The van der Waals surface area contributed by atoms with E-state index in [9.17, 15) is 13.2 Å². The van der Waals surface area contributed by atoms with Crippen molar-refractivity contribution in [3.8, 4) is 0 Å². The van der Waals surface area contributed by atoms with Crippen LogP contribution in [0.2, 0.25) is 0 Å². The molecule has 0 spiro atoms. The molecule has 1 saturated heterocycles. The van der Waals surface area contributed by atoms with Crippen molar-refractivity contribution in [2.75, 3.05) is 26.3 Å². The first-order valence-electron chi connectivity index (χ1n) is 8.38. The molecule has 26 heavy (non-hydrogen) atoms. The van der Waals surface area contributed by atoms with E-state index in [0.29, 0.717) is 31.9 Å². The van der Waals surface area contributed by atoms with E-state index in [4.69, 9.17) is 9.47 Å². The quantitative estimate of drug-likeness (QED) is 0.750. The zero-order valence-electron chi connectivity index (χ0n) is 14.6. The number of ether oxygens (including phenoxy) is 2. The molecule has 3 rings (SSSR count). The number of esters is 1. The van der Waals surface area contributed by atoms with Gasteiger partial charge in [0.15, 0.2) is 0 Å². The van der Waals surface area contributed by atoms with Crippen LogP contribution in [0.1, 0.15) is 21.5 Å². The third-order valence-electron chi connectivity index (χ3n) is 4.25. The van der Waals surface area contributed by atoms with Crippen LogP contribution >= 0.6 is 0 Å². The zero-order chi connectivity index (χ0) is 18.6. The average molecular weight is 375 g/mol. The van der Waals surface area contributed by atoms with Crippen molar-refractivity contribution in [3.63, 3.8) is 0 Å². The van der Waals surface area contributed by atoms with Gasteiger partial charge in [0.1, 0.15) is 6.61 Å². The molecule has 0 unspecified atom stereocenters. The third kappa shape index (κ3) is 4.12. The molecule has 1 aliphatic heterocycles. The topological polar surface area (TPSA) is 72.9 Å². The lowest BCUT2D eigenvalue weighted by Crippen LogP contribution is -2.40. The maximum atomic E-state index is 12.8. The molecule has 138 valence electrons. The van der Waals surface area contributed by atoms with Crippen LogP contribution in [0, 0.1) is 6.92 Å². The van der Waals surface area contributed by atoms with Gasteiger partial charge in [-0.25, -0.2) is 13.2 Å². The molecular weight excluding hydrogens is 354 g/mol. The highest BCUT2D eigenvalue weighted by atomic mass is 32.2. The Balaban J connectivity index is 1.79. The summed E-state index contributed by atoms with van der Waals surface area (Å²) >= 11 is 0. The summed E-state index contributed by atoms with van der Waals surface area (Å²) < 4.78 is 37.5. The molecule has 6 nitrogen and oxygen atoms in total. The van der Waals surface area contributed by atoms with Crippen LogP contribution in [0.25, 0.3) is 0 Å². The number of aryl methyl sites for hydroxylation is 1. The Kier molecular flexibility index (Phi) is 5.70. The molecule has 0 aromatic heterocycles. The van der Waals surface area contributed by atoms with E-state index < -0.39 is 16.0 Å². The van der Waals surface area contributed by atoms with Gasteiger partial charge in [0, 0.05) is 13.1 Å². The highest BCUT2D eigenvalue weighted by Crippen LogP contribution is 2.21. The lowest BCUT2D eigenvalue weighted by atomic mass is 10.1. The van der Waals surface area contributed by atoms with E-state index >= 15 is 0 Å². The molecule has 1 aliphatic rings. The fraction of sp³-hybridized carbons (Fsp3) is 0.316. The van der Waals surface area contributed by atoms with Crippen molar-refractivity contribution in [2.45, 2.75) is 18.4 Å². The van der Waals surface area contributed by atoms with Crippen LogP contribution in [0.3, 0.4) is 0 Å². The molecule has 1 fully saturated rings. The summed E-state index contributed by atoms with van der Waals surface area (Å²) in [6, 6.07) is 13.9. The molecule has 0 amide bonds. The standard InChI is InChI=1S/C19H21NO5S/c1-15-7-8-17(26(22,23)20-9-11-24-12-10-20)13-18(15)19(21)25-14-16-5-3-2-4-6-16/h2-8,13H,9-12,14H2,1H3. The van der Waals surface area contributed by atoms with Crippen molar-refractivity contribution < 1.29 is 22.7 Å². The van der Waals surface area contributed by atoms with Crippen LogP contribution < -0.4 is 0 Å². The van der Waals surface area contributed by atoms with Crippen LogP contribution in [0.15, 0.2) is 53.4 Å². The normalized spacial score (nSPS) is 15.6. The maximum Gasteiger partial charge on any atom is 0.338 e. The zero-order valence-corrected chi connectivity index (χ0v) is 15.4. The van der Waals surface area contributed by atoms with Gasteiger partial charge in [-0.2, -0.15) is 4.31 Å². The van der Waals surface area contributed by atoms with Gasteiger partial charge >= 0.3 is 5.97 Å². The highest BCUT2D eigenvalue weighted by molar-refractivity contribution is 7.89. The van der Waals surface area contributed by atoms with E-state index in [0.717, 1.165) is 5.56 Å². The van der Waals surface area contributed by atoms with Gasteiger partial charge in [-0.3, -0.25) is 0 Å². The van der Waals surface area contributed by atoms with Crippen LogP contribution in [-0.4, -0.2) is 45.0 Å². The Labute approximate surface area is 153 Å². The van der Waals surface area contributed by atoms with Crippen molar-refractivity contribution in [2.24, 2.45) is 0 Å². The van der Waals surface area contributed by atoms with Gasteiger partial charge < -0.3 is 9.47 Å². The fourth-order valence-electron chi connectivity index (χ4n) is 2.72. The molecule has 0 aliphatic carbocycles. The average Bonchev–Trinajstić information content (AvgIpc) is 2.68. The molecule has 1 heterocycles. The second-order valence-electron chi connectivity index (χ2n) is 6.05. The minimum absolute atomic E-state index is 0.0941. The number of morpholine rings is 1. The Morgan fingerprint density at radius 3 is 2.50 bits per heavy atom. The largest absolute Gasteiger partial charge is 0.457 e. The van der Waals surface area contributed by atoms with Crippen molar-refractivity contribution in [1.29, 1.82) is 0 Å². The lowest BCUT2D eigenvalue weighted by Gasteiger charge is -2.26. The van der Waals surface area contributed by atoms with E-state index in [1.165, 1.54) is 16.4 Å². The second kappa shape index (κ2) is 7.99. The van der Waals surface area contributed by atoms with Crippen molar-refractivity contribution in [1.82, 2.24) is 4.31 Å². The Morgan fingerprint density at radius 1 is 1.12 bits per heavy atom. The van der Waals surface area contributed by atoms with E-state index in [-0.39, 0.29) is 17.1 Å². The first-order valence-corrected chi connectivity index (χ1v) is 9.82. The molecule has 2 aromatic rings. The number of nitrogens with zero attached hydrogens (tertiary/aromatic N) is 1. The Hall–Kier alpha value is -2.22. The first-order chi connectivity index (χ1) is 12.5. The summed E-state index contributed by atoms with van der Waals surface area (Å²) in [5.74, 6) is -0.537. The number of benzene rings is 2. The van der Waals surface area contributed by atoms with Crippen LogP contribution in [-0.2, 0) is 26.1 Å². The predicted molar refractivity (Wildman–Crippen MR) is 96.3 cm³/mol. The van der Waals surface area contributed by atoms with Gasteiger partial charge in [-0.15, -0.1) is 0 Å². The summed E-state index contributed by atoms with van der Waals surface area (Å²) in [7, 11) is -3.66. The number of carbonyl (C=O) groups is 1. The minimum Gasteiger partial charge on any atom is -0.457 e. The molecule has 7 heteroatoms. The fourth-order valence-corrected chi connectivity index (χ4v) is 4.15. The van der Waals surface area contributed by atoms with E-state index in [1.54, 1.807) is 13.0 Å². The highest BCUT2D eigenvalue weighted by Gasteiger charge is 2.27. The molecule has 0 saturated carbocycles. The monoisotopic (exact) mass is 375 g/mol. The van der Waals surface area contributed by atoms with E-state index in [1.807, 2.05) is 30.3 Å². The maximum absolute atomic E-state index is 12.8. The summed E-state index contributed by atoms with van der Waals surface area (Å²) in [4.78, 5) is 12.5. The van der Waals surface area contributed by atoms with Gasteiger partial charge in [0.2, 0.25) is 10.0 Å². The predicted octanol–water partition coefficient (Wildman–Crippen LogP) is 2.37. The van der Waals surface area contributed by atoms with Crippen molar-refractivity contribution in [3.05, 3.63) is 65.2 Å². The molecule has 2 aromatic carbocycles. The lowest BCUT2D eigenvalue weighted by molar-refractivity contribution is 0.0471. The van der Waals surface area contributed by atoms with Crippen LogP contribution in [0.4, 0.5) is 0 Å². The summed E-state index contributed by atoms with van der Waals surface area (Å²) in [5, 5.41) is 0. The number of sulfonamides is 1. The second-order valence-corrected chi connectivity index (χ2v) is 7.99. The molecule has 0 bridgehead atoms. The molecule has 0 N–H and O–H groups in total. The number of hydrogen-bond acceptors (Lipinski definition) is 5. The smallest absolute Gasteiger partial charge is 0.338 e. The molecule has 0 atom stereocenters. The summed E-state index contributed by atoms with van der Waals surface area (Å²) in [6.07, 6.45) is 0.